The number of carboxylic acid groups (broad SMARTS) is 1. The Morgan fingerprint density at radius 3 is 2.00 bits per heavy atom. The van der Waals surface area contributed by atoms with E-state index < -0.39 is 5.97 Å². The molecule has 100 valence electrons. The van der Waals surface area contributed by atoms with Gasteiger partial charge in [-0.15, -0.1) is 0 Å². The summed E-state index contributed by atoms with van der Waals surface area (Å²) in [5, 5.41) is 12.1. The number of carbonyl (C=O) groups is 2. The molecule has 0 saturated carbocycles. The fraction of sp³-hybridized carbons (Fsp3) is 0.846. The van der Waals surface area contributed by atoms with E-state index in [9.17, 15) is 9.59 Å². The van der Waals surface area contributed by atoms with Crippen LogP contribution in [0.3, 0.4) is 0 Å². The number of nitrogens with one attached hydrogen (secondary N) is 1. The first-order valence-corrected chi connectivity index (χ1v) is 6.20. The highest BCUT2D eigenvalue weighted by Crippen LogP contribution is 2.20. The molecule has 17 heavy (non-hydrogen) atoms. The predicted octanol–water partition coefficient (Wildman–Crippen LogP) is 1.94. The van der Waals surface area contributed by atoms with E-state index in [0.29, 0.717) is 12.3 Å². The van der Waals surface area contributed by atoms with E-state index in [1.165, 1.54) is 0 Å². The Bertz CT molecular complexity index is 265. The van der Waals surface area contributed by atoms with Crippen molar-refractivity contribution in [2.45, 2.75) is 46.6 Å². The first-order valence-electron chi connectivity index (χ1n) is 6.20. The Hall–Kier alpha value is -0.900. The zero-order valence-electron chi connectivity index (χ0n) is 11.5. The molecule has 0 aromatic carbocycles. The number of aliphatic carboxylic acids is 1. The molecule has 0 aliphatic heterocycles. The molecule has 0 aromatic heterocycles. The Morgan fingerprint density at radius 2 is 1.65 bits per heavy atom. The summed E-state index contributed by atoms with van der Waals surface area (Å²) in [6, 6.07) is 0.142. The van der Waals surface area contributed by atoms with E-state index in [2.05, 4.69) is 12.2 Å². The number of ketones is 1. The lowest BCUT2D eigenvalue weighted by atomic mass is 9.85. The van der Waals surface area contributed by atoms with Gasteiger partial charge in [0.2, 0.25) is 0 Å². The highest BCUT2D eigenvalue weighted by molar-refractivity contribution is 5.77. The summed E-state index contributed by atoms with van der Waals surface area (Å²) >= 11 is 0. The third kappa shape index (κ3) is 5.82. The van der Waals surface area contributed by atoms with Crippen LogP contribution in [0.4, 0.5) is 0 Å². The highest BCUT2D eigenvalue weighted by Gasteiger charge is 2.24. The van der Waals surface area contributed by atoms with Crippen molar-refractivity contribution < 1.29 is 14.7 Å². The summed E-state index contributed by atoms with van der Waals surface area (Å²) in [5.41, 5.74) is 0. The monoisotopic (exact) mass is 243 g/mol. The summed E-state index contributed by atoms with van der Waals surface area (Å²) in [6.07, 6.45) is 1.39. The Labute approximate surface area is 104 Å². The molecular formula is C13H25NO3. The molecule has 0 spiro atoms. The largest absolute Gasteiger partial charge is 0.481 e. The molecule has 0 amide bonds. The second kappa shape index (κ2) is 7.43. The van der Waals surface area contributed by atoms with E-state index in [1.807, 2.05) is 14.0 Å². The van der Waals surface area contributed by atoms with Crippen LogP contribution in [-0.2, 0) is 9.59 Å². The highest BCUT2D eigenvalue weighted by atomic mass is 16.4. The molecule has 4 nitrogen and oxygen atoms in total. The number of rotatable bonds is 8. The predicted molar refractivity (Wildman–Crippen MR) is 67.9 cm³/mol. The maximum absolute atomic E-state index is 11.2. The summed E-state index contributed by atoms with van der Waals surface area (Å²) in [5.74, 6) is -0.598. The average Bonchev–Trinajstić information content (AvgIpc) is 2.24. The van der Waals surface area contributed by atoms with Gasteiger partial charge in [0.25, 0.3) is 0 Å². The molecular weight excluding hydrogens is 218 g/mol. The van der Waals surface area contributed by atoms with E-state index >= 15 is 0 Å². The van der Waals surface area contributed by atoms with Gasteiger partial charge >= 0.3 is 5.97 Å². The van der Waals surface area contributed by atoms with Crippen LogP contribution in [0, 0.1) is 17.8 Å². The quantitative estimate of drug-likeness (QED) is 0.683. The van der Waals surface area contributed by atoms with Crippen LogP contribution in [0.25, 0.3) is 0 Å². The van der Waals surface area contributed by atoms with Crippen LogP contribution in [0.2, 0.25) is 0 Å². The molecule has 0 heterocycles. The van der Waals surface area contributed by atoms with Crippen molar-refractivity contribution >= 4 is 11.8 Å². The van der Waals surface area contributed by atoms with Crippen LogP contribution in [-0.4, -0.2) is 29.9 Å². The van der Waals surface area contributed by atoms with Crippen molar-refractivity contribution in [2.24, 2.45) is 17.8 Å². The van der Waals surface area contributed by atoms with Crippen molar-refractivity contribution in [1.82, 2.24) is 5.32 Å². The van der Waals surface area contributed by atoms with Gasteiger partial charge in [0.05, 0.1) is 5.92 Å². The van der Waals surface area contributed by atoms with Gasteiger partial charge in [0.15, 0.2) is 0 Å². The van der Waals surface area contributed by atoms with Crippen LogP contribution in [0.15, 0.2) is 0 Å². The van der Waals surface area contributed by atoms with Gasteiger partial charge < -0.3 is 10.4 Å². The lowest BCUT2D eigenvalue weighted by Gasteiger charge is -2.26. The normalized spacial score (nSPS) is 18.2. The van der Waals surface area contributed by atoms with E-state index in [4.69, 9.17) is 5.11 Å². The fourth-order valence-electron chi connectivity index (χ4n) is 2.00. The topological polar surface area (TPSA) is 66.4 Å². The molecule has 0 aliphatic rings. The van der Waals surface area contributed by atoms with Crippen LogP contribution in [0.5, 0.6) is 0 Å². The van der Waals surface area contributed by atoms with Gasteiger partial charge in [-0.3, -0.25) is 9.59 Å². The number of hydrogen-bond acceptors (Lipinski definition) is 3. The second-order valence-corrected chi connectivity index (χ2v) is 5.09. The SMILES string of the molecule is CNC(CC(C)C(=O)O)C(C)C[C@@H](C)C(C)=O. The van der Waals surface area contributed by atoms with Crippen LogP contribution >= 0.6 is 0 Å². The second-order valence-electron chi connectivity index (χ2n) is 5.09. The van der Waals surface area contributed by atoms with Crippen molar-refractivity contribution in [3.8, 4) is 0 Å². The molecule has 0 bridgehead atoms. The van der Waals surface area contributed by atoms with Gasteiger partial charge in [-0.1, -0.05) is 20.8 Å². The minimum Gasteiger partial charge on any atom is -0.481 e. The molecule has 0 radical (unpaired) electrons. The molecule has 0 saturated heterocycles. The lowest BCUT2D eigenvalue weighted by molar-refractivity contribution is -0.141. The molecule has 0 rings (SSSR count). The summed E-state index contributed by atoms with van der Waals surface area (Å²) in [6.45, 7) is 7.31. The Kier molecular flexibility index (Phi) is 7.04. The summed E-state index contributed by atoms with van der Waals surface area (Å²) in [7, 11) is 1.84. The maximum Gasteiger partial charge on any atom is 0.306 e. The van der Waals surface area contributed by atoms with E-state index in [-0.39, 0.29) is 23.7 Å². The molecule has 0 aromatic rings. The lowest BCUT2D eigenvalue weighted by Crippen LogP contribution is -2.36. The third-order valence-corrected chi connectivity index (χ3v) is 3.51. The van der Waals surface area contributed by atoms with Crippen molar-refractivity contribution in [3.05, 3.63) is 0 Å². The maximum atomic E-state index is 11.2. The minimum atomic E-state index is -0.767. The van der Waals surface area contributed by atoms with Crippen LogP contribution in [0.1, 0.15) is 40.5 Å². The molecule has 0 aliphatic carbocycles. The third-order valence-electron chi connectivity index (χ3n) is 3.51. The molecule has 2 N–H and O–H groups in total. The van der Waals surface area contributed by atoms with Gasteiger partial charge in [0, 0.05) is 12.0 Å². The molecule has 0 fully saturated rings. The number of carbonyl (C=O) groups excluding carboxylic acids is 1. The standard InChI is InChI=1S/C13H25NO3/c1-8(11(4)15)6-9(2)12(14-5)7-10(3)13(16)17/h8-10,12,14H,6-7H2,1-5H3,(H,16,17)/t8-,9?,10?,12?/m1/s1. The number of hydrogen-bond donors (Lipinski definition) is 2. The van der Waals surface area contributed by atoms with Crippen molar-refractivity contribution in [3.63, 3.8) is 0 Å². The molecule has 4 atom stereocenters. The van der Waals surface area contributed by atoms with Gasteiger partial charge in [-0.05, 0) is 32.7 Å². The smallest absolute Gasteiger partial charge is 0.306 e. The minimum absolute atomic E-state index is 0.0426. The van der Waals surface area contributed by atoms with Crippen molar-refractivity contribution in [1.29, 1.82) is 0 Å². The van der Waals surface area contributed by atoms with Gasteiger partial charge in [0.1, 0.15) is 5.78 Å². The van der Waals surface area contributed by atoms with Crippen LogP contribution < -0.4 is 5.32 Å². The average molecular weight is 243 g/mol. The summed E-state index contributed by atoms with van der Waals surface area (Å²) in [4.78, 5) is 22.0. The zero-order valence-corrected chi connectivity index (χ0v) is 11.5. The summed E-state index contributed by atoms with van der Waals surface area (Å²) < 4.78 is 0. The fourth-order valence-corrected chi connectivity index (χ4v) is 2.00. The van der Waals surface area contributed by atoms with E-state index in [0.717, 1.165) is 6.42 Å². The molecule has 3 unspecified atom stereocenters. The first kappa shape index (κ1) is 16.1. The van der Waals surface area contributed by atoms with Gasteiger partial charge in [-0.25, -0.2) is 0 Å². The van der Waals surface area contributed by atoms with Gasteiger partial charge in [-0.2, -0.15) is 0 Å². The number of carboxylic acids is 1. The zero-order chi connectivity index (χ0) is 13.6. The Balaban J connectivity index is 4.35. The molecule has 4 heteroatoms. The van der Waals surface area contributed by atoms with Crippen molar-refractivity contribution in [2.75, 3.05) is 7.05 Å². The Morgan fingerprint density at radius 1 is 1.12 bits per heavy atom. The van der Waals surface area contributed by atoms with E-state index in [1.54, 1.807) is 13.8 Å². The number of Topliss-reactive ketones (excluding diaryl/α,β-unsaturated/α-hetero) is 1. The first-order chi connectivity index (χ1) is 7.79.